The van der Waals surface area contributed by atoms with E-state index in [9.17, 15) is 5.11 Å². The van der Waals surface area contributed by atoms with Crippen molar-refractivity contribution in [3.8, 4) is 0 Å². The monoisotopic (exact) mass is 250 g/mol. The Hall–Kier alpha value is -0.930. The third kappa shape index (κ3) is 4.39. The number of hydrogen-bond acceptors (Lipinski definition) is 3. The van der Waals surface area contributed by atoms with E-state index in [0.717, 1.165) is 18.5 Å². The van der Waals surface area contributed by atoms with E-state index in [1.165, 1.54) is 0 Å². The fourth-order valence-corrected chi connectivity index (χ4v) is 1.76. The Morgan fingerprint density at radius 3 is 2.61 bits per heavy atom. The molecule has 0 aliphatic carbocycles. The van der Waals surface area contributed by atoms with Crippen LogP contribution in [0.25, 0.3) is 0 Å². The molecule has 1 aromatic heterocycles. The lowest BCUT2D eigenvalue weighted by atomic mass is 9.92. The SMILES string of the molecule is CCCC(NCC(C)(O)C(C)C)c1ccccn1. The highest BCUT2D eigenvalue weighted by Gasteiger charge is 2.26. The van der Waals surface area contributed by atoms with E-state index in [2.05, 4.69) is 17.2 Å². The van der Waals surface area contributed by atoms with Gasteiger partial charge in [0.15, 0.2) is 0 Å². The van der Waals surface area contributed by atoms with Crippen LogP contribution in [0, 0.1) is 5.92 Å². The van der Waals surface area contributed by atoms with Gasteiger partial charge in [0, 0.05) is 18.8 Å². The molecule has 0 aliphatic heterocycles. The largest absolute Gasteiger partial charge is 0.389 e. The van der Waals surface area contributed by atoms with Crippen molar-refractivity contribution in [1.82, 2.24) is 10.3 Å². The van der Waals surface area contributed by atoms with Gasteiger partial charge in [-0.3, -0.25) is 4.98 Å². The first-order chi connectivity index (χ1) is 8.47. The summed E-state index contributed by atoms with van der Waals surface area (Å²) in [6.07, 6.45) is 3.95. The lowest BCUT2D eigenvalue weighted by molar-refractivity contribution is 0.0114. The average molecular weight is 250 g/mol. The van der Waals surface area contributed by atoms with Crippen LogP contribution in [0.1, 0.15) is 52.3 Å². The molecule has 0 aromatic carbocycles. The maximum Gasteiger partial charge on any atom is 0.0766 e. The third-order valence-corrected chi connectivity index (χ3v) is 3.57. The summed E-state index contributed by atoms with van der Waals surface area (Å²) in [5.74, 6) is 0.232. The summed E-state index contributed by atoms with van der Waals surface area (Å²) in [7, 11) is 0. The summed E-state index contributed by atoms with van der Waals surface area (Å²) in [4.78, 5) is 4.40. The average Bonchev–Trinajstić information content (AvgIpc) is 2.35. The van der Waals surface area contributed by atoms with Crippen LogP contribution >= 0.6 is 0 Å². The van der Waals surface area contributed by atoms with E-state index in [1.54, 1.807) is 0 Å². The number of pyridine rings is 1. The molecule has 18 heavy (non-hydrogen) atoms. The molecule has 2 atom stereocenters. The number of aliphatic hydroxyl groups is 1. The number of nitrogens with zero attached hydrogens (tertiary/aromatic N) is 1. The molecular formula is C15H26N2O. The van der Waals surface area contributed by atoms with Gasteiger partial charge < -0.3 is 10.4 Å². The van der Waals surface area contributed by atoms with E-state index in [-0.39, 0.29) is 12.0 Å². The molecule has 0 saturated heterocycles. The quantitative estimate of drug-likeness (QED) is 0.782. The lowest BCUT2D eigenvalue weighted by Gasteiger charge is -2.30. The van der Waals surface area contributed by atoms with Crippen LogP contribution in [0.4, 0.5) is 0 Å². The lowest BCUT2D eigenvalue weighted by Crippen LogP contribution is -2.43. The Morgan fingerprint density at radius 2 is 2.11 bits per heavy atom. The summed E-state index contributed by atoms with van der Waals surface area (Å²) >= 11 is 0. The zero-order valence-corrected chi connectivity index (χ0v) is 12.0. The molecule has 2 unspecified atom stereocenters. The van der Waals surface area contributed by atoms with Gasteiger partial charge in [0.25, 0.3) is 0 Å². The zero-order chi connectivity index (χ0) is 13.6. The van der Waals surface area contributed by atoms with Gasteiger partial charge in [-0.05, 0) is 31.4 Å². The van der Waals surface area contributed by atoms with Crippen molar-refractivity contribution >= 4 is 0 Å². The minimum Gasteiger partial charge on any atom is -0.389 e. The maximum absolute atomic E-state index is 10.3. The second-order valence-electron chi connectivity index (χ2n) is 5.49. The van der Waals surface area contributed by atoms with Crippen LogP contribution in [0.2, 0.25) is 0 Å². The second kappa shape index (κ2) is 6.86. The number of rotatable bonds is 7. The first-order valence-electron chi connectivity index (χ1n) is 6.84. The van der Waals surface area contributed by atoms with Crippen LogP contribution in [-0.2, 0) is 0 Å². The molecule has 0 bridgehead atoms. The van der Waals surface area contributed by atoms with Gasteiger partial charge in [-0.1, -0.05) is 33.3 Å². The van der Waals surface area contributed by atoms with E-state index in [1.807, 2.05) is 45.2 Å². The van der Waals surface area contributed by atoms with E-state index < -0.39 is 5.60 Å². The predicted octanol–water partition coefficient (Wildman–Crippen LogP) is 2.92. The molecule has 0 spiro atoms. The van der Waals surface area contributed by atoms with E-state index >= 15 is 0 Å². The molecule has 0 aliphatic rings. The Labute approximate surface area is 111 Å². The fraction of sp³-hybridized carbons (Fsp3) is 0.667. The van der Waals surface area contributed by atoms with Crippen molar-refractivity contribution in [2.45, 2.75) is 52.2 Å². The summed E-state index contributed by atoms with van der Waals surface area (Å²) in [6, 6.07) is 6.20. The molecule has 3 nitrogen and oxygen atoms in total. The smallest absolute Gasteiger partial charge is 0.0766 e. The van der Waals surface area contributed by atoms with E-state index in [0.29, 0.717) is 6.54 Å². The fourth-order valence-electron chi connectivity index (χ4n) is 1.76. The van der Waals surface area contributed by atoms with E-state index in [4.69, 9.17) is 0 Å². The number of hydrogen-bond donors (Lipinski definition) is 2. The molecule has 0 saturated carbocycles. The van der Waals surface area contributed by atoms with Gasteiger partial charge >= 0.3 is 0 Å². The molecule has 3 heteroatoms. The van der Waals surface area contributed by atoms with Crippen molar-refractivity contribution in [3.05, 3.63) is 30.1 Å². The highest BCUT2D eigenvalue weighted by molar-refractivity contribution is 5.08. The minimum atomic E-state index is -0.680. The van der Waals surface area contributed by atoms with Crippen LogP contribution in [-0.4, -0.2) is 22.2 Å². The third-order valence-electron chi connectivity index (χ3n) is 3.57. The molecule has 2 N–H and O–H groups in total. The van der Waals surface area contributed by atoms with Gasteiger partial charge in [0.2, 0.25) is 0 Å². The summed E-state index contributed by atoms with van der Waals surface area (Å²) in [5, 5.41) is 13.7. The Morgan fingerprint density at radius 1 is 1.39 bits per heavy atom. The second-order valence-corrected chi connectivity index (χ2v) is 5.49. The molecule has 102 valence electrons. The Balaban J connectivity index is 2.65. The van der Waals surface area contributed by atoms with Crippen molar-refractivity contribution in [1.29, 1.82) is 0 Å². The standard InChI is InChI=1S/C15H26N2O/c1-5-8-13(14-9-6-7-10-16-14)17-11-15(4,18)12(2)3/h6-7,9-10,12-13,17-18H,5,8,11H2,1-4H3. The molecule has 1 heterocycles. The molecule has 0 fully saturated rings. The molecule has 0 amide bonds. The van der Waals surface area contributed by atoms with Crippen LogP contribution in [0.5, 0.6) is 0 Å². The minimum absolute atomic E-state index is 0.224. The van der Waals surface area contributed by atoms with Crippen LogP contribution in [0.15, 0.2) is 24.4 Å². The molecule has 1 rings (SSSR count). The Kier molecular flexibility index (Phi) is 5.76. The van der Waals surface area contributed by atoms with Crippen molar-refractivity contribution in [2.24, 2.45) is 5.92 Å². The Bertz CT molecular complexity index is 336. The van der Waals surface area contributed by atoms with Crippen LogP contribution in [0.3, 0.4) is 0 Å². The summed E-state index contributed by atoms with van der Waals surface area (Å²) < 4.78 is 0. The maximum atomic E-state index is 10.3. The van der Waals surface area contributed by atoms with Gasteiger partial charge in [-0.15, -0.1) is 0 Å². The topological polar surface area (TPSA) is 45.1 Å². The van der Waals surface area contributed by atoms with Gasteiger partial charge in [0.1, 0.15) is 0 Å². The normalized spacial score (nSPS) is 16.6. The van der Waals surface area contributed by atoms with Crippen molar-refractivity contribution in [2.75, 3.05) is 6.54 Å². The number of nitrogens with one attached hydrogen (secondary N) is 1. The summed E-state index contributed by atoms with van der Waals surface area (Å²) in [6.45, 7) is 8.71. The van der Waals surface area contributed by atoms with Crippen molar-refractivity contribution < 1.29 is 5.11 Å². The molecule has 1 aromatic rings. The van der Waals surface area contributed by atoms with Crippen molar-refractivity contribution in [3.63, 3.8) is 0 Å². The first kappa shape index (κ1) is 15.1. The highest BCUT2D eigenvalue weighted by Crippen LogP contribution is 2.20. The molecular weight excluding hydrogens is 224 g/mol. The highest BCUT2D eigenvalue weighted by atomic mass is 16.3. The first-order valence-corrected chi connectivity index (χ1v) is 6.84. The van der Waals surface area contributed by atoms with Crippen LogP contribution < -0.4 is 5.32 Å². The molecule has 0 radical (unpaired) electrons. The number of aromatic nitrogens is 1. The summed E-state index contributed by atoms with van der Waals surface area (Å²) in [5.41, 5.74) is 0.375. The van der Waals surface area contributed by atoms with Gasteiger partial charge in [-0.25, -0.2) is 0 Å². The zero-order valence-electron chi connectivity index (χ0n) is 12.0. The van der Waals surface area contributed by atoms with Gasteiger partial charge in [-0.2, -0.15) is 0 Å². The van der Waals surface area contributed by atoms with Gasteiger partial charge in [0.05, 0.1) is 11.3 Å². The predicted molar refractivity (Wildman–Crippen MR) is 75.4 cm³/mol.